The van der Waals surface area contributed by atoms with Gasteiger partial charge < -0.3 is 14.8 Å². The Labute approximate surface area is 196 Å². The SMILES string of the molecule is CCn1c(CCC(=O)NCCC(=O)N2CCCCCC2)nc2cc(S(=O)(=O)N(C)C)ccc21. The molecule has 2 amide bonds. The maximum Gasteiger partial charge on any atom is 0.242 e. The van der Waals surface area contributed by atoms with Crippen LogP contribution in [0, 0.1) is 0 Å². The zero-order valence-electron chi connectivity index (χ0n) is 19.8. The molecule has 1 saturated heterocycles. The average Bonchev–Trinajstić information content (AvgIpc) is 2.93. The van der Waals surface area contributed by atoms with Crippen molar-refractivity contribution in [1.82, 2.24) is 24.1 Å². The molecular weight excluding hydrogens is 442 g/mol. The largest absolute Gasteiger partial charge is 0.356 e. The molecule has 10 heteroatoms. The van der Waals surface area contributed by atoms with Crippen molar-refractivity contribution in [3.05, 3.63) is 24.0 Å². The van der Waals surface area contributed by atoms with Gasteiger partial charge in [0.2, 0.25) is 21.8 Å². The summed E-state index contributed by atoms with van der Waals surface area (Å²) in [4.78, 5) is 31.4. The number of nitrogens with one attached hydrogen (secondary N) is 1. The number of carbonyl (C=O) groups excluding carboxylic acids is 2. The molecule has 1 aliphatic rings. The Hall–Kier alpha value is -2.46. The second kappa shape index (κ2) is 11.1. The van der Waals surface area contributed by atoms with E-state index >= 15 is 0 Å². The second-order valence-corrected chi connectivity index (χ2v) is 10.8. The van der Waals surface area contributed by atoms with E-state index in [1.807, 2.05) is 16.4 Å². The number of likely N-dealkylation sites (tertiary alicyclic amines) is 1. The van der Waals surface area contributed by atoms with Gasteiger partial charge in [-0.15, -0.1) is 0 Å². The van der Waals surface area contributed by atoms with Gasteiger partial charge in [-0.3, -0.25) is 9.59 Å². The number of carbonyl (C=O) groups is 2. The lowest BCUT2D eigenvalue weighted by molar-refractivity contribution is -0.131. The first-order chi connectivity index (χ1) is 15.7. The second-order valence-electron chi connectivity index (χ2n) is 8.61. The molecule has 0 radical (unpaired) electrons. The van der Waals surface area contributed by atoms with E-state index in [0.717, 1.165) is 37.3 Å². The van der Waals surface area contributed by atoms with Gasteiger partial charge in [0, 0.05) is 59.5 Å². The topological polar surface area (TPSA) is 105 Å². The van der Waals surface area contributed by atoms with E-state index in [9.17, 15) is 18.0 Å². The van der Waals surface area contributed by atoms with Crippen LogP contribution in [0.4, 0.5) is 0 Å². The Morgan fingerprint density at radius 2 is 1.79 bits per heavy atom. The van der Waals surface area contributed by atoms with Gasteiger partial charge in [-0.05, 0) is 38.0 Å². The predicted molar refractivity (Wildman–Crippen MR) is 127 cm³/mol. The van der Waals surface area contributed by atoms with Gasteiger partial charge >= 0.3 is 0 Å². The molecule has 2 aromatic rings. The molecule has 0 bridgehead atoms. The number of amides is 2. The predicted octanol–water partition coefficient (Wildman–Crippen LogP) is 2.15. The van der Waals surface area contributed by atoms with Crippen molar-refractivity contribution in [2.24, 2.45) is 0 Å². The first-order valence-corrected chi connectivity index (χ1v) is 13.1. The van der Waals surface area contributed by atoms with Gasteiger partial charge in [0.1, 0.15) is 5.82 Å². The maximum absolute atomic E-state index is 12.4. The molecule has 0 unspecified atom stereocenters. The van der Waals surface area contributed by atoms with Crippen LogP contribution in [-0.4, -0.2) is 72.7 Å². The van der Waals surface area contributed by atoms with Gasteiger partial charge in [0.05, 0.1) is 15.9 Å². The summed E-state index contributed by atoms with van der Waals surface area (Å²) >= 11 is 0. The van der Waals surface area contributed by atoms with Crippen LogP contribution in [0.1, 0.15) is 51.3 Å². The molecule has 33 heavy (non-hydrogen) atoms. The highest BCUT2D eigenvalue weighted by molar-refractivity contribution is 7.89. The van der Waals surface area contributed by atoms with Crippen LogP contribution < -0.4 is 5.32 Å². The van der Waals surface area contributed by atoms with Crippen LogP contribution in [0.5, 0.6) is 0 Å². The van der Waals surface area contributed by atoms with E-state index in [1.54, 1.807) is 18.2 Å². The van der Waals surface area contributed by atoms with Crippen molar-refractivity contribution in [3.63, 3.8) is 0 Å². The summed E-state index contributed by atoms with van der Waals surface area (Å²) in [7, 11) is -0.552. The molecule has 1 N–H and O–H groups in total. The standard InChI is InChI=1S/C23H35N5O4S/c1-4-28-20-10-9-18(33(31,32)26(2)3)17-19(20)25-21(28)11-12-22(29)24-14-13-23(30)27-15-7-5-6-8-16-27/h9-10,17H,4-8,11-16H2,1-3H3,(H,24,29). The Morgan fingerprint density at radius 3 is 2.42 bits per heavy atom. The summed E-state index contributed by atoms with van der Waals surface area (Å²) in [5, 5.41) is 2.84. The van der Waals surface area contributed by atoms with E-state index in [1.165, 1.54) is 31.2 Å². The molecule has 1 aromatic carbocycles. The fourth-order valence-corrected chi connectivity index (χ4v) is 5.10. The quantitative estimate of drug-likeness (QED) is 0.596. The van der Waals surface area contributed by atoms with Crippen LogP contribution in [0.2, 0.25) is 0 Å². The van der Waals surface area contributed by atoms with Crippen molar-refractivity contribution < 1.29 is 18.0 Å². The molecule has 0 aliphatic carbocycles. The number of aromatic nitrogens is 2. The summed E-state index contributed by atoms with van der Waals surface area (Å²) in [5.41, 5.74) is 1.44. The summed E-state index contributed by atoms with van der Waals surface area (Å²) in [6, 6.07) is 4.93. The minimum absolute atomic E-state index is 0.105. The van der Waals surface area contributed by atoms with E-state index in [4.69, 9.17) is 0 Å². The fraction of sp³-hybridized carbons (Fsp3) is 0.609. The minimum atomic E-state index is -3.54. The normalized spacial score (nSPS) is 15.1. The van der Waals surface area contributed by atoms with E-state index in [-0.39, 0.29) is 23.1 Å². The lowest BCUT2D eigenvalue weighted by Crippen LogP contribution is -2.35. The van der Waals surface area contributed by atoms with Gasteiger partial charge in [-0.2, -0.15) is 0 Å². The highest BCUT2D eigenvalue weighted by Gasteiger charge is 2.20. The number of rotatable bonds is 9. The maximum atomic E-state index is 12.4. The Morgan fingerprint density at radius 1 is 1.09 bits per heavy atom. The van der Waals surface area contributed by atoms with Crippen molar-refractivity contribution in [1.29, 1.82) is 0 Å². The van der Waals surface area contributed by atoms with Crippen molar-refractivity contribution in [2.75, 3.05) is 33.7 Å². The highest BCUT2D eigenvalue weighted by atomic mass is 32.2. The zero-order chi connectivity index (χ0) is 24.0. The molecule has 9 nitrogen and oxygen atoms in total. The van der Waals surface area contributed by atoms with Crippen LogP contribution in [0.3, 0.4) is 0 Å². The van der Waals surface area contributed by atoms with Gasteiger partial charge in [-0.1, -0.05) is 12.8 Å². The van der Waals surface area contributed by atoms with Gasteiger partial charge in [-0.25, -0.2) is 17.7 Å². The third-order valence-electron chi connectivity index (χ3n) is 6.09. The van der Waals surface area contributed by atoms with Crippen LogP contribution in [0.25, 0.3) is 11.0 Å². The summed E-state index contributed by atoms with van der Waals surface area (Å²) in [6.45, 7) is 4.63. The van der Waals surface area contributed by atoms with Crippen LogP contribution in [0.15, 0.2) is 23.1 Å². The average molecular weight is 478 g/mol. The Bertz CT molecular complexity index is 1090. The molecule has 1 fully saturated rings. The molecule has 182 valence electrons. The first-order valence-electron chi connectivity index (χ1n) is 11.7. The van der Waals surface area contributed by atoms with E-state index in [0.29, 0.717) is 31.4 Å². The molecule has 1 aromatic heterocycles. The Balaban J connectivity index is 1.57. The highest BCUT2D eigenvalue weighted by Crippen LogP contribution is 2.22. The number of hydrogen-bond donors (Lipinski definition) is 1. The first kappa shape index (κ1) is 25.2. The molecular formula is C23H35N5O4S. The Kier molecular flexibility index (Phi) is 8.47. The number of aryl methyl sites for hydroxylation is 2. The molecule has 2 heterocycles. The fourth-order valence-electron chi connectivity index (χ4n) is 4.18. The smallest absolute Gasteiger partial charge is 0.242 e. The number of imidazole rings is 1. The third kappa shape index (κ3) is 6.11. The number of nitrogens with zero attached hydrogens (tertiary/aromatic N) is 4. The molecule has 0 atom stereocenters. The van der Waals surface area contributed by atoms with Crippen molar-refractivity contribution in [3.8, 4) is 0 Å². The lowest BCUT2D eigenvalue weighted by atomic mass is 10.2. The molecule has 3 rings (SSSR count). The van der Waals surface area contributed by atoms with Crippen molar-refractivity contribution >= 4 is 32.9 Å². The number of sulfonamides is 1. The summed E-state index contributed by atoms with van der Waals surface area (Å²) in [6.07, 6.45) is 5.47. The molecule has 1 aliphatic heterocycles. The summed E-state index contributed by atoms with van der Waals surface area (Å²) in [5.74, 6) is 0.723. The van der Waals surface area contributed by atoms with Gasteiger partial charge in [0.25, 0.3) is 0 Å². The number of benzene rings is 1. The molecule has 0 spiro atoms. The number of hydrogen-bond acceptors (Lipinski definition) is 5. The monoisotopic (exact) mass is 477 g/mol. The van der Waals surface area contributed by atoms with Gasteiger partial charge in [0.15, 0.2) is 0 Å². The summed E-state index contributed by atoms with van der Waals surface area (Å²) < 4.78 is 28.0. The number of fused-ring (bicyclic) bond motifs is 1. The molecule has 0 saturated carbocycles. The zero-order valence-corrected chi connectivity index (χ0v) is 20.7. The van der Waals surface area contributed by atoms with E-state index in [2.05, 4.69) is 10.3 Å². The lowest BCUT2D eigenvalue weighted by Gasteiger charge is -2.20. The van der Waals surface area contributed by atoms with Crippen LogP contribution >= 0.6 is 0 Å². The third-order valence-corrected chi connectivity index (χ3v) is 7.90. The van der Waals surface area contributed by atoms with E-state index < -0.39 is 10.0 Å². The van der Waals surface area contributed by atoms with Crippen LogP contribution in [-0.2, 0) is 32.6 Å². The minimum Gasteiger partial charge on any atom is -0.356 e. The van der Waals surface area contributed by atoms with Crippen molar-refractivity contribution in [2.45, 2.75) is 63.3 Å².